The molecule has 0 saturated heterocycles. The average molecular weight is 633 g/mol. The molecule has 0 aliphatic rings. The van der Waals surface area contributed by atoms with Gasteiger partial charge in [0.25, 0.3) is 0 Å². The number of carbonyl (C=O) groups is 2. The molecule has 0 amide bonds. The highest BCUT2D eigenvalue weighted by atomic mass is 19.4. The first-order valence-corrected chi connectivity index (χ1v) is 15.3. The van der Waals surface area contributed by atoms with Crippen LogP contribution in [0.3, 0.4) is 0 Å². The van der Waals surface area contributed by atoms with Crippen molar-refractivity contribution >= 4 is 11.9 Å². The number of ether oxygens (including phenoxy) is 4. The Morgan fingerprint density at radius 3 is 1.98 bits per heavy atom. The maximum atomic E-state index is 14.7. The number of hydrogen-bond donors (Lipinski definition) is 0. The number of carbonyl (C=O) groups excluding carboxylic acids is 2. The molecule has 3 rings (SSSR count). The lowest BCUT2D eigenvalue weighted by Gasteiger charge is -2.21. The highest BCUT2D eigenvalue weighted by molar-refractivity contribution is 5.92. The first-order chi connectivity index (χ1) is 21.6. The van der Waals surface area contributed by atoms with E-state index in [1.165, 1.54) is 19.3 Å². The summed E-state index contributed by atoms with van der Waals surface area (Å²) >= 11 is 0. The molecule has 0 bridgehead atoms. The molecule has 45 heavy (non-hydrogen) atoms. The predicted octanol–water partition coefficient (Wildman–Crippen LogP) is 9.36. The first kappa shape index (κ1) is 35.6. The second kappa shape index (κ2) is 18.1. The van der Waals surface area contributed by atoms with Crippen molar-refractivity contribution in [1.82, 2.24) is 0 Å². The third-order valence-corrected chi connectivity index (χ3v) is 7.02. The van der Waals surface area contributed by atoms with Gasteiger partial charge in [-0.05, 0) is 80.1 Å². The van der Waals surface area contributed by atoms with E-state index in [2.05, 4.69) is 11.7 Å². The molecule has 1 atom stereocenters. The molecular formula is C35H40F4O6. The zero-order chi connectivity index (χ0) is 32.7. The van der Waals surface area contributed by atoms with Crippen LogP contribution in [0.5, 0.6) is 11.5 Å². The van der Waals surface area contributed by atoms with Gasteiger partial charge in [0.2, 0.25) is 0 Å². The molecule has 3 aromatic rings. The van der Waals surface area contributed by atoms with Gasteiger partial charge < -0.3 is 18.9 Å². The van der Waals surface area contributed by atoms with Gasteiger partial charge in [0.15, 0.2) is 6.10 Å². The topological polar surface area (TPSA) is 71.1 Å². The summed E-state index contributed by atoms with van der Waals surface area (Å²) in [5.74, 6) is -2.85. The number of esters is 2. The van der Waals surface area contributed by atoms with Crippen molar-refractivity contribution < 1.29 is 46.1 Å². The van der Waals surface area contributed by atoms with Crippen LogP contribution in [0.15, 0.2) is 66.7 Å². The number of halogens is 4. The summed E-state index contributed by atoms with van der Waals surface area (Å²) in [4.78, 5) is 25.0. The third-order valence-electron chi connectivity index (χ3n) is 7.02. The van der Waals surface area contributed by atoms with Crippen LogP contribution in [0.1, 0.15) is 85.9 Å². The van der Waals surface area contributed by atoms with Gasteiger partial charge in [-0.15, -0.1) is 0 Å². The van der Waals surface area contributed by atoms with E-state index in [1.807, 2.05) is 24.3 Å². The van der Waals surface area contributed by atoms with Crippen molar-refractivity contribution in [3.8, 4) is 22.6 Å². The minimum Gasteiger partial charge on any atom is -0.494 e. The number of unbranched alkanes of at least 4 members (excludes halogenated alkanes) is 5. The van der Waals surface area contributed by atoms with Crippen molar-refractivity contribution in [3.05, 3.63) is 83.7 Å². The average Bonchev–Trinajstić information content (AvgIpc) is 3.02. The Morgan fingerprint density at radius 2 is 1.36 bits per heavy atom. The zero-order valence-electron chi connectivity index (χ0n) is 25.7. The van der Waals surface area contributed by atoms with E-state index in [4.69, 9.17) is 14.2 Å². The molecule has 0 heterocycles. The Labute approximate surface area is 261 Å². The fraction of sp³-hybridized carbons (Fsp3) is 0.429. The van der Waals surface area contributed by atoms with E-state index in [0.717, 1.165) is 47.9 Å². The number of rotatable bonds is 18. The summed E-state index contributed by atoms with van der Waals surface area (Å²) in [5, 5.41) is 0. The normalized spacial score (nSPS) is 12.0. The van der Waals surface area contributed by atoms with Crippen molar-refractivity contribution in [1.29, 1.82) is 0 Å². The first-order valence-electron chi connectivity index (χ1n) is 15.3. The fourth-order valence-electron chi connectivity index (χ4n) is 4.49. The predicted molar refractivity (Wildman–Crippen MR) is 163 cm³/mol. The van der Waals surface area contributed by atoms with Gasteiger partial charge in [0.1, 0.15) is 17.3 Å². The highest BCUT2D eigenvalue weighted by Gasteiger charge is 2.42. The summed E-state index contributed by atoms with van der Waals surface area (Å²) in [6.45, 7) is 5.36. The molecule has 0 aromatic heterocycles. The monoisotopic (exact) mass is 632 g/mol. The van der Waals surface area contributed by atoms with Gasteiger partial charge in [0.05, 0.1) is 17.7 Å². The van der Waals surface area contributed by atoms with E-state index in [0.29, 0.717) is 19.6 Å². The molecule has 0 radical (unpaired) electrons. The van der Waals surface area contributed by atoms with E-state index in [9.17, 15) is 27.2 Å². The largest absolute Gasteiger partial charge is 0.494 e. The van der Waals surface area contributed by atoms with Crippen molar-refractivity contribution in [3.63, 3.8) is 0 Å². The molecule has 3 aromatic carbocycles. The second-order valence-corrected chi connectivity index (χ2v) is 10.5. The summed E-state index contributed by atoms with van der Waals surface area (Å²) in [5.41, 5.74) is 1.28. The summed E-state index contributed by atoms with van der Waals surface area (Å²) in [7, 11) is 0. The molecule has 244 valence electrons. The van der Waals surface area contributed by atoms with E-state index in [1.54, 1.807) is 31.2 Å². The van der Waals surface area contributed by atoms with Crippen LogP contribution in [0, 0.1) is 5.82 Å². The van der Waals surface area contributed by atoms with Crippen LogP contribution in [0.4, 0.5) is 17.6 Å². The quantitative estimate of drug-likeness (QED) is 0.0602. The molecule has 0 N–H and O–H groups in total. The summed E-state index contributed by atoms with van der Waals surface area (Å²) in [6.07, 6.45) is -1.38. The Balaban J connectivity index is 1.54. The molecular weight excluding hydrogens is 592 g/mol. The van der Waals surface area contributed by atoms with Gasteiger partial charge in [-0.3, -0.25) is 0 Å². The fourth-order valence-corrected chi connectivity index (χ4v) is 4.49. The molecule has 0 fully saturated rings. The Kier molecular flexibility index (Phi) is 14.3. The highest BCUT2D eigenvalue weighted by Crippen LogP contribution is 2.29. The van der Waals surface area contributed by atoms with Crippen molar-refractivity contribution in [2.75, 3.05) is 19.8 Å². The van der Waals surface area contributed by atoms with E-state index >= 15 is 0 Å². The minimum absolute atomic E-state index is 0.107. The third kappa shape index (κ3) is 11.8. The maximum Gasteiger partial charge on any atom is 0.425 e. The van der Waals surface area contributed by atoms with Crippen molar-refractivity contribution in [2.24, 2.45) is 0 Å². The van der Waals surface area contributed by atoms with Crippen LogP contribution in [0.2, 0.25) is 0 Å². The van der Waals surface area contributed by atoms with Crippen molar-refractivity contribution in [2.45, 2.75) is 77.5 Å². The molecule has 1 unspecified atom stereocenters. The molecule has 0 spiro atoms. The van der Waals surface area contributed by atoms with Crippen LogP contribution >= 0.6 is 0 Å². The second-order valence-electron chi connectivity index (χ2n) is 10.5. The van der Waals surface area contributed by atoms with E-state index < -0.39 is 42.0 Å². The van der Waals surface area contributed by atoms with Crippen LogP contribution < -0.4 is 9.47 Å². The summed E-state index contributed by atoms with van der Waals surface area (Å²) < 4.78 is 75.6. The smallest absolute Gasteiger partial charge is 0.425 e. The van der Waals surface area contributed by atoms with Crippen LogP contribution in [0.25, 0.3) is 11.1 Å². The van der Waals surface area contributed by atoms with Crippen LogP contribution in [-0.4, -0.2) is 44.0 Å². The zero-order valence-corrected chi connectivity index (χ0v) is 25.7. The molecule has 0 aliphatic carbocycles. The summed E-state index contributed by atoms with van der Waals surface area (Å²) in [6, 6.07) is 17.0. The maximum absolute atomic E-state index is 14.7. The van der Waals surface area contributed by atoms with Gasteiger partial charge in [-0.2, -0.15) is 13.2 Å². The SMILES string of the molecule is CCCCCCCOc1ccc(-c2ccc(C(=O)Oc3ccc(C(=O)OC(CCCCOCC)C(F)(F)F)c(F)c3)cc2)cc1. The molecule has 6 nitrogen and oxygen atoms in total. The minimum atomic E-state index is -4.81. The standard InChI is InChI=1S/C35H40F4O6/c1-3-5-6-7-9-23-43-28-18-16-26(17-19-28)25-12-14-27(15-13-25)33(40)44-29-20-21-30(31(36)24-29)34(41)45-32(35(37,38)39)11-8-10-22-42-4-2/h12-21,24,32H,3-11,22-23H2,1-2H3. The molecule has 0 aliphatic heterocycles. The van der Waals surface area contributed by atoms with Gasteiger partial charge in [-0.25, -0.2) is 14.0 Å². The molecule has 10 heteroatoms. The van der Waals surface area contributed by atoms with Gasteiger partial charge in [0, 0.05) is 19.3 Å². The van der Waals surface area contributed by atoms with E-state index in [-0.39, 0.29) is 24.3 Å². The number of benzene rings is 3. The van der Waals surface area contributed by atoms with Gasteiger partial charge >= 0.3 is 18.1 Å². The lowest BCUT2D eigenvalue weighted by Crippen LogP contribution is -2.34. The van der Waals surface area contributed by atoms with Gasteiger partial charge in [-0.1, -0.05) is 56.9 Å². The Hall–Kier alpha value is -3.92. The Morgan fingerprint density at radius 1 is 0.733 bits per heavy atom. The number of hydrogen-bond acceptors (Lipinski definition) is 6. The lowest BCUT2D eigenvalue weighted by atomic mass is 10.0. The number of alkyl halides is 3. The lowest BCUT2D eigenvalue weighted by molar-refractivity contribution is -0.206. The Bertz CT molecular complexity index is 1340. The van der Waals surface area contributed by atoms with Crippen LogP contribution in [-0.2, 0) is 9.47 Å². The molecule has 0 saturated carbocycles.